The molecule has 4 rings (SSSR count). The monoisotopic (exact) mass is 401 g/mol. The van der Waals surface area contributed by atoms with Crippen LogP contribution in [-0.2, 0) is 0 Å². The summed E-state index contributed by atoms with van der Waals surface area (Å²) in [6.45, 7) is 5.67. The van der Waals surface area contributed by atoms with Crippen LogP contribution in [0.25, 0.3) is 22.6 Å². The Morgan fingerprint density at radius 2 is 1.77 bits per heavy atom. The van der Waals surface area contributed by atoms with Crippen LogP contribution >= 0.6 is 0 Å². The van der Waals surface area contributed by atoms with Gasteiger partial charge in [0, 0.05) is 28.4 Å². The highest BCUT2D eigenvalue weighted by Crippen LogP contribution is 2.28. The summed E-state index contributed by atoms with van der Waals surface area (Å²) in [4.78, 5) is 27.8. The summed E-state index contributed by atoms with van der Waals surface area (Å²) in [5, 5.41) is 13.9. The molecule has 150 valence electrons. The van der Waals surface area contributed by atoms with E-state index < -0.39 is 10.8 Å². The maximum absolute atomic E-state index is 12.6. The molecule has 30 heavy (non-hydrogen) atoms. The minimum Gasteiger partial charge on any atom is -0.436 e. The van der Waals surface area contributed by atoms with Crippen LogP contribution in [0.1, 0.15) is 27.0 Å². The maximum Gasteiger partial charge on any atom is 0.273 e. The van der Waals surface area contributed by atoms with E-state index >= 15 is 0 Å². The highest BCUT2D eigenvalue weighted by Gasteiger charge is 2.16. The van der Waals surface area contributed by atoms with Gasteiger partial charge in [0.2, 0.25) is 5.89 Å². The molecule has 0 atom stereocenters. The van der Waals surface area contributed by atoms with Gasteiger partial charge in [-0.15, -0.1) is 0 Å². The number of hydrogen-bond donors (Lipinski definition) is 1. The van der Waals surface area contributed by atoms with Crippen LogP contribution in [0.2, 0.25) is 0 Å². The Hall–Kier alpha value is -4.00. The van der Waals surface area contributed by atoms with E-state index in [0.29, 0.717) is 28.3 Å². The van der Waals surface area contributed by atoms with Gasteiger partial charge < -0.3 is 9.73 Å². The van der Waals surface area contributed by atoms with Crippen LogP contribution in [0.5, 0.6) is 0 Å². The van der Waals surface area contributed by atoms with Gasteiger partial charge in [-0.3, -0.25) is 14.9 Å². The molecule has 0 fully saturated rings. The topological polar surface area (TPSA) is 98.3 Å². The number of aromatic nitrogens is 1. The Balaban J connectivity index is 1.62. The lowest BCUT2D eigenvalue weighted by molar-refractivity contribution is -0.385. The Bertz CT molecular complexity index is 1270. The molecule has 0 bridgehead atoms. The standard InChI is InChI=1S/C23H19N3O4/c1-13-7-8-16(12-20(13)26(28)29)22(27)24-18-6-4-5-17(11-18)23-25-19-9-14(2)15(3)10-21(19)30-23/h4-12H,1-3H3,(H,24,27). The van der Waals surface area contributed by atoms with E-state index in [9.17, 15) is 14.9 Å². The largest absolute Gasteiger partial charge is 0.436 e. The van der Waals surface area contributed by atoms with Crippen molar-refractivity contribution in [3.8, 4) is 11.5 Å². The van der Waals surface area contributed by atoms with Crippen molar-refractivity contribution in [2.45, 2.75) is 20.8 Å². The van der Waals surface area contributed by atoms with Crippen LogP contribution in [0.4, 0.5) is 11.4 Å². The van der Waals surface area contributed by atoms with Crippen molar-refractivity contribution in [1.82, 2.24) is 4.98 Å². The number of anilines is 1. The predicted octanol–water partition coefficient (Wildman–Crippen LogP) is 5.58. The third kappa shape index (κ3) is 3.65. The number of amides is 1. The molecule has 0 radical (unpaired) electrons. The number of nitrogens with zero attached hydrogens (tertiary/aromatic N) is 2. The first kappa shape index (κ1) is 19.3. The van der Waals surface area contributed by atoms with Gasteiger partial charge in [0.25, 0.3) is 11.6 Å². The van der Waals surface area contributed by atoms with Crippen molar-refractivity contribution in [2.75, 3.05) is 5.32 Å². The summed E-state index contributed by atoms with van der Waals surface area (Å²) in [5.41, 5.74) is 5.61. The fraction of sp³-hybridized carbons (Fsp3) is 0.130. The summed E-state index contributed by atoms with van der Waals surface area (Å²) >= 11 is 0. The second kappa shape index (κ2) is 7.44. The fourth-order valence-electron chi connectivity index (χ4n) is 3.18. The van der Waals surface area contributed by atoms with E-state index in [4.69, 9.17) is 4.42 Å². The number of fused-ring (bicyclic) bond motifs is 1. The summed E-state index contributed by atoms with van der Waals surface area (Å²) < 4.78 is 5.89. The van der Waals surface area contributed by atoms with Crippen molar-refractivity contribution in [2.24, 2.45) is 0 Å². The molecule has 1 N–H and O–H groups in total. The van der Waals surface area contributed by atoms with Crippen molar-refractivity contribution in [1.29, 1.82) is 0 Å². The summed E-state index contributed by atoms with van der Waals surface area (Å²) in [7, 11) is 0. The van der Waals surface area contributed by atoms with Crippen molar-refractivity contribution in [3.05, 3.63) is 87.0 Å². The number of rotatable bonds is 4. The van der Waals surface area contributed by atoms with Crippen LogP contribution in [0.15, 0.2) is 59.0 Å². The Morgan fingerprint density at radius 3 is 2.53 bits per heavy atom. The molecule has 1 heterocycles. The second-order valence-electron chi connectivity index (χ2n) is 7.22. The van der Waals surface area contributed by atoms with Gasteiger partial charge in [0.05, 0.1) is 4.92 Å². The van der Waals surface area contributed by atoms with E-state index in [2.05, 4.69) is 10.3 Å². The number of nitro groups is 1. The zero-order valence-corrected chi connectivity index (χ0v) is 16.7. The highest BCUT2D eigenvalue weighted by atomic mass is 16.6. The molecular formula is C23H19N3O4. The van der Waals surface area contributed by atoms with Crippen LogP contribution < -0.4 is 5.32 Å². The number of nitrogens with one attached hydrogen (secondary N) is 1. The smallest absolute Gasteiger partial charge is 0.273 e. The number of carbonyl (C=O) groups excluding carboxylic acids is 1. The van der Waals surface area contributed by atoms with Crippen LogP contribution in [0.3, 0.4) is 0 Å². The zero-order valence-electron chi connectivity index (χ0n) is 16.7. The Labute approximate surface area is 172 Å². The van der Waals surface area contributed by atoms with Gasteiger partial charge in [0.15, 0.2) is 5.58 Å². The highest BCUT2D eigenvalue weighted by molar-refractivity contribution is 6.05. The van der Waals surface area contributed by atoms with Gasteiger partial charge in [0.1, 0.15) is 5.52 Å². The first-order valence-electron chi connectivity index (χ1n) is 9.36. The number of oxazole rings is 1. The lowest BCUT2D eigenvalue weighted by Crippen LogP contribution is -2.12. The average molecular weight is 401 g/mol. The number of benzene rings is 3. The average Bonchev–Trinajstić information content (AvgIpc) is 3.11. The van der Waals surface area contributed by atoms with Crippen LogP contribution in [0, 0.1) is 30.9 Å². The molecule has 0 aliphatic rings. The summed E-state index contributed by atoms with van der Waals surface area (Å²) in [6.07, 6.45) is 0. The first-order valence-corrected chi connectivity index (χ1v) is 9.36. The molecular weight excluding hydrogens is 382 g/mol. The molecule has 7 nitrogen and oxygen atoms in total. The third-order valence-electron chi connectivity index (χ3n) is 5.04. The minimum atomic E-state index is -0.497. The molecule has 0 aliphatic carbocycles. The van der Waals surface area contributed by atoms with Crippen molar-refractivity contribution < 1.29 is 14.1 Å². The van der Waals surface area contributed by atoms with Crippen molar-refractivity contribution in [3.63, 3.8) is 0 Å². The molecule has 0 saturated heterocycles. The maximum atomic E-state index is 12.6. The molecule has 0 unspecified atom stereocenters. The predicted molar refractivity (Wildman–Crippen MR) is 115 cm³/mol. The second-order valence-corrected chi connectivity index (χ2v) is 7.22. The third-order valence-corrected chi connectivity index (χ3v) is 5.04. The Morgan fingerprint density at radius 1 is 1.00 bits per heavy atom. The van der Waals surface area contributed by atoms with Gasteiger partial charge in [-0.1, -0.05) is 12.1 Å². The Kier molecular flexibility index (Phi) is 4.79. The van der Waals surface area contributed by atoms with Crippen LogP contribution in [-0.4, -0.2) is 15.8 Å². The molecule has 0 spiro atoms. The number of aryl methyl sites for hydroxylation is 3. The zero-order chi connectivity index (χ0) is 21.4. The quantitative estimate of drug-likeness (QED) is 0.355. The van der Waals surface area contributed by atoms with Gasteiger partial charge in [-0.2, -0.15) is 0 Å². The minimum absolute atomic E-state index is 0.0894. The number of nitro benzene ring substituents is 1. The SMILES string of the molecule is Cc1cc2nc(-c3cccc(NC(=O)c4ccc(C)c([N+](=O)[O-])c4)c3)oc2cc1C. The van der Waals surface area contributed by atoms with Gasteiger partial charge in [-0.05, 0) is 68.3 Å². The van der Waals surface area contributed by atoms with E-state index in [0.717, 1.165) is 16.6 Å². The van der Waals surface area contributed by atoms with E-state index in [-0.39, 0.29) is 11.3 Å². The van der Waals surface area contributed by atoms with E-state index in [1.54, 1.807) is 37.3 Å². The molecule has 4 aromatic rings. The fourth-order valence-corrected chi connectivity index (χ4v) is 3.18. The van der Waals surface area contributed by atoms with Gasteiger partial charge >= 0.3 is 0 Å². The summed E-state index contributed by atoms with van der Waals surface area (Å²) in [5.74, 6) is 0.0242. The molecule has 7 heteroatoms. The normalized spacial score (nSPS) is 10.9. The van der Waals surface area contributed by atoms with Gasteiger partial charge in [-0.25, -0.2) is 4.98 Å². The summed E-state index contributed by atoms with van der Waals surface area (Å²) in [6, 6.07) is 15.5. The molecule has 1 amide bonds. The molecule has 0 aliphatic heterocycles. The molecule has 1 aromatic heterocycles. The number of carbonyl (C=O) groups is 1. The molecule has 0 saturated carbocycles. The number of hydrogen-bond acceptors (Lipinski definition) is 5. The first-order chi connectivity index (χ1) is 14.3. The van der Waals surface area contributed by atoms with Crippen molar-refractivity contribution >= 4 is 28.4 Å². The lowest BCUT2D eigenvalue weighted by atomic mass is 10.1. The van der Waals surface area contributed by atoms with E-state index in [1.165, 1.54) is 6.07 Å². The molecule has 3 aromatic carbocycles. The van der Waals surface area contributed by atoms with E-state index in [1.807, 2.05) is 32.0 Å². The lowest BCUT2D eigenvalue weighted by Gasteiger charge is -2.07.